The Balaban J connectivity index is 1.38. The average Bonchev–Trinajstić information content (AvgIpc) is 2.95. The van der Waals surface area contributed by atoms with Crippen LogP contribution in [0.3, 0.4) is 0 Å². The zero-order valence-electron chi connectivity index (χ0n) is 23.3. The number of carbonyl (C=O) groups excluding carboxylic acids is 2. The molecule has 0 aliphatic heterocycles. The maximum absolute atomic E-state index is 14.3. The number of halogens is 2. The van der Waals surface area contributed by atoms with E-state index < -0.39 is 23.9 Å². The van der Waals surface area contributed by atoms with Crippen LogP contribution >= 0.6 is 0 Å². The predicted molar refractivity (Wildman–Crippen MR) is 147 cm³/mol. The standard InChI is InChI=1S/C32H42F2O5/c1-3-5-7-21-37-30-20-15-25(22-29(30)34)31(35)38-26-16-11-23(12-17-26)9-10-24-13-18-27(19-14-24)39-32(36)28(33)8-6-4-2/h11-12,15-17,20,22,24,27-28H,3-10,13-14,18-19,21H2,1-2H3/t24?,27?,28-/m0/s1. The van der Waals surface area contributed by atoms with E-state index in [0.717, 1.165) is 75.8 Å². The topological polar surface area (TPSA) is 61.8 Å². The summed E-state index contributed by atoms with van der Waals surface area (Å²) in [6, 6.07) is 11.5. The van der Waals surface area contributed by atoms with Crippen LogP contribution < -0.4 is 9.47 Å². The Bertz CT molecular complexity index is 1030. The maximum Gasteiger partial charge on any atom is 0.343 e. The highest BCUT2D eigenvalue weighted by Crippen LogP contribution is 2.30. The van der Waals surface area contributed by atoms with Crippen molar-refractivity contribution >= 4 is 11.9 Å². The zero-order chi connectivity index (χ0) is 28.0. The minimum atomic E-state index is -1.51. The normalized spacial score (nSPS) is 17.8. The van der Waals surface area contributed by atoms with Crippen LogP contribution in [0.4, 0.5) is 8.78 Å². The Morgan fingerprint density at radius 2 is 1.67 bits per heavy atom. The quantitative estimate of drug-likeness (QED) is 0.129. The van der Waals surface area contributed by atoms with E-state index in [1.165, 1.54) is 12.1 Å². The monoisotopic (exact) mass is 544 g/mol. The van der Waals surface area contributed by atoms with Gasteiger partial charge < -0.3 is 14.2 Å². The molecule has 0 amide bonds. The lowest BCUT2D eigenvalue weighted by Gasteiger charge is -2.28. The molecule has 0 bridgehead atoms. The smallest absolute Gasteiger partial charge is 0.343 e. The van der Waals surface area contributed by atoms with Gasteiger partial charge in [0.05, 0.1) is 12.2 Å². The summed E-state index contributed by atoms with van der Waals surface area (Å²) < 4.78 is 44.5. The molecular weight excluding hydrogens is 502 g/mol. The van der Waals surface area contributed by atoms with Crippen molar-refractivity contribution in [2.45, 2.75) is 103 Å². The van der Waals surface area contributed by atoms with Gasteiger partial charge in [0.2, 0.25) is 0 Å². The Kier molecular flexibility index (Phi) is 12.7. The van der Waals surface area contributed by atoms with E-state index in [1.807, 2.05) is 19.1 Å². The summed E-state index contributed by atoms with van der Waals surface area (Å²) in [5, 5.41) is 0. The third-order valence-corrected chi connectivity index (χ3v) is 7.29. The van der Waals surface area contributed by atoms with Crippen LogP contribution in [0.25, 0.3) is 0 Å². The van der Waals surface area contributed by atoms with Crippen LogP contribution in [0.1, 0.15) is 100 Å². The van der Waals surface area contributed by atoms with Gasteiger partial charge in [0.15, 0.2) is 17.7 Å². The third-order valence-electron chi connectivity index (χ3n) is 7.29. The molecule has 5 nitrogen and oxygen atoms in total. The molecule has 0 aromatic heterocycles. The van der Waals surface area contributed by atoms with E-state index in [2.05, 4.69) is 6.92 Å². The van der Waals surface area contributed by atoms with Crippen LogP contribution in [0.2, 0.25) is 0 Å². The predicted octanol–water partition coefficient (Wildman–Crippen LogP) is 8.18. The first-order chi connectivity index (χ1) is 18.9. The van der Waals surface area contributed by atoms with Crippen LogP contribution in [0.5, 0.6) is 11.5 Å². The second kappa shape index (κ2) is 16.2. The first-order valence-electron chi connectivity index (χ1n) is 14.5. The highest BCUT2D eigenvalue weighted by molar-refractivity contribution is 5.91. The van der Waals surface area contributed by atoms with Gasteiger partial charge in [-0.05, 0) is 93.2 Å². The van der Waals surface area contributed by atoms with Crippen molar-refractivity contribution in [2.75, 3.05) is 6.61 Å². The van der Waals surface area contributed by atoms with Crippen LogP contribution in [0.15, 0.2) is 42.5 Å². The molecule has 1 aliphatic rings. The molecule has 7 heteroatoms. The molecular formula is C32H42F2O5. The number of aryl methyl sites for hydroxylation is 1. The zero-order valence-corrected chi connectivity index (χ0v) is 23.3. The van der Waals surface area contributed by atoms with Crippen LogP contribution in [0, 0.1) is 11.7 Å². The summed E-state index contributed by atoms with van der Waals surface area (Å²) in [5.41, 5.74) is 1.26. The molecule has 214 valence electrons. The summed E-state index contributed by atoms with van der Waals surface area (Å²) >= 11 is 0. The Hall–Kier alpha value is -2.96. The molecule has 1 fully saturated rings. The number of esters is 2. The van der Waals surface area contributed by atoms with Crippen LogP contribution in [-0.4, -0.2) is 30.8 Å². The Morgan fingerprint density at radius 1 is 0.949 bits per heavy atom. The number of unbranched alkanes of at least 4 members (excludes halogenated alkanes) is 3. The van der Waals surface area contributed by atoms with E-state index >= 15 is 0 Å². The summed E-state index contributed by atoms with van der Waals surface area (Å²) in [6.07, 6.45) is 8.40. The molecule has 0 unspecified atom stereocenters. The summed E-state index contributed by atoms with van der Waals surface area (Å²) in [5.74, 6) is -0.842. The number of alkyl halides is 1. The van der Waals surface area contributed by atoms with Crippen molar-refractivity contribution in [3.05, 3.63) is 59.4 Å². The second-order valence-corrected chi connectivity index (χ2v) is 10.5. The highest BCUT2D eigenvalue weighted by atomic mass is 19.1. The van der Waals surface area contributed by atoms with Gasteiger partial charge in [0.25, 0.3) is 0 Å². The average molecular weight is 545 g/mol. The number of carbonyl (C=O) groups is 2. The molecule has 1 atom stereocenters. The summed E-state index contributed by atoms with van der Waals surface area (Å²) in [4.78, 5) is 24.4. The summed E-state index contributed by atoms with van der Waals surface area (Å²) in [6.45, 7) is 4.50. The molecule has 0 radical (unpaired) electrons. The molecule has 0 saturated heterocycles. The second-order valence-electron chi connectivity index (χ2n) is 10.5. The van der Waals surface area contributed by atoms with Gasteiger partial charge in [-0.15, -0.1) is 0 Å². The van der Waals surface area contributed by atoms with Gasteiger partial charge in [-0.25, -0.2) is 18.4 Å². The fourth-order valence-electron chi connectivity index (χ4n) is 4.82. The molecule has 3 rings (SSSR count). The summed E-state index contributed by atoms with van der Waals surface area (Å²) in [7, 11) is 0. The number of benzene rings is 2. The van der Waals surface area contributed by atoms with Gasteiger partial charge in [-0.1, -0.05) is 51.7 Å². The van der Waals surface area contributed by atoms with E-state index in [4.69, 9.17) is 14.2 Å². The minimum absolute atomic E-state index is 0.127. The van der Waals surface area contributed by atoms with Gasteiger partial charge in [0, 0.05) is 0 Å². The molecule has 0 N–H and O–H groups in total. The maximum atomic E-state index is 14.3. The lowest BCUT2D eigenvalue weighted by Crippen LogP contribution is -2.29. The third kappa shape index (κ3) is 10.3. The largest absolute Gasteiger partial charge is 0.491 e. The minimum Gasteiger partial charge on any atom is -0.491 e. The van der Waals surface area contributed by atoms with Crippen molar-refractivity contribution in [1.82, 2.24) is 0 Å². The fourth-order valence-corrected chi connectivity index (χ4v) is 4.82. The first kappa shape index (κ1) is 30.6. The molecule has 0 heterocycles. The van der Waals surface area contributed by atoms with Gasteiger partial charge >= 0.3 is 11.9 Å². The fraction of sp³-hybridized carbons (Fsp3) is 0.562. The molecule has 1 saturated carbocycles. The van der Waals surface area contributed by atoms with Crippen molar-refractivity contribution in [2.24, 2.45) is 5.92 Å². The van der Waals surface area contributed by atoms with Gasteiger partial charge in [-0.3, -0.25) is 0 Å². The SMILES string of the molecule is CCCCCOc1ccc(C(=O)Oc2ccc(CCC3CCC(OC(=O)[C@@H](F)CCCC)CC3)cc2)cc1F. The van der Waals surface area contributed by atoms with E-state index in [1.54, 1.807) is 12.1 Å². The van der Waals surface area contributed by atoms with E-state index in [-0.39, 0.29) is 23.8 Å². The first-order valence-corrected chi connectivity index (χ1v) is 14.5. The number of rotatable bonds is 15. The molecule has 2 aromatic rings. The van der Waals surface area contributed by atoms with Gasteiger partial charge in [0.1, 0.15) is 11.9 Å². The lowest BCUT2D eigenvalue weighted by atomic mass is 9.83. The van der Waals surface area contributed by atoms with Crippen molar-refractivity contribution in [3.63, 3.8) is 0 Å². The molecule has 2 aromatic carbocycles. The number of hydrogen-bond acceptors (Lipinski definition) is 5. The van der Waals surface area contributed by atoms with Crippen molar-refractivity contribution in [1.29, 1.82) is 0 Å². The van der Waals surface area contributed by atoms with Crippen molar-refractivity contribution < 1.29 is 32.6 Å². The van der Waals surface area contributed by atoms with Crippen LogP contribution in [-0.2, 0) is 16.0 Å². The lowest BCUT2D eigenvalue weighted by molar-refractivity contribution is -0.157. The van der Waals surface area contributed by atoms with Gasteiger partial charge in [-0.2, -0.15) is 0 Å². The molecule has 0 spiro atoms. The Labute approximate surface area is 231 Å². The highest BCUT2D eigenvalue weighted by Gasteiger charge is 2.27. The molecule has 1 aliphatic carbocycles. The van der Waals surface area contributed by atoms with E-state index in [0.29, 0.717) is 24.7 Å². The number of hydrogen-bond donors (Lipinski definition) is 0. The molecule has 39 heavy (non-hydrogen) atoms. The number of ether oxygens (including phenoxy) is 3. The van der Waals surface area contributed by atoms with Crippen molar-refractivity contribution in [3.8, 4) is 11.5 Å². The van der Waals surface area contributed by atoms with E-state index in [9.17, 15) is 18.4 Å². The Morgan fingerprint density at radius 3 is 2.33 bits per heavy atom.